The van der Waals surface area contributed by atoms with Crippen LogP contribution in [0.3, 0.4) is 0 Å². The highest BCUT2D eigenvalue weighted by molar-refractivity contribution is 5.80. The molecule has 0 amide bonds. The van der Waals surface area contributed by atoms with Crippen molar-refractivity contribution in [3.63, 3.8) is 0 Å². The smallest absolute Gasteiger partial charge is 0.135 e. The number of carbonyl (C=O) groups excluding carboxylic acids is 1. The Morgan fingerprint density at radius 3 is 1.92 bits per heavy atom. The number of rotatable bonds is 6. The van der Waals surface area contributed by atoms with Gasteiger partial charge in [0.2, 0.25) is 0 Å². The first kappa shape index (κ1) is 12.7. The Balaban J connectivity index is 3.91. The molecule has 0 bridgehead atoms. The van der Waals surface area contributed by atoms with E-state index >= 15 is 0 Å². The van der Waals surface area contributed by atoms with Crippen molar-refractivity contribution < 1.29 is 4.79 Å². The van der Waals surface area contributed by atoms with Crippen LogP contribution in [0.5, 0.6) is 0 Å². The third kappa shape index (κ3) is 4.44. The first-order valence-corrected chi connectivity index (χ1v) is 5.55. The fourth-order valence-corrected chi connectivity index (χ4v) is 1.35. The second kappa shape index (κ2) is 6.17. The van der Waals surface area contributed by atoms with Crippen molar-refractivity contribution >= 4 is 5.78 Å². The second-order valence-electron chi connectivity index (χ2n) is 4.34. The van der Waals surface area contributed by atoms with Crippen LogP contribution < -0.4 is 0 Å². The van der Waals surface area contributed by atoms with Gasteiger partial charge in [-0.3, -0.25) is 4.79 Å². The quantitative estimate of drug-likeness (QED) is 0.615. The molecule has 1 heteroatoms. The van der Waals surface area contributed by atoms with E-state index in [9.17, 15) is 4.79 Å². The molecule has 0 N–H and O–H groups in total. The molecule has 3 atom stereocenters. The first-order valence-electron chi connectivity index (χ1n) is 5.55. The summed E-state index contributed by atoms with van der Waals surface area (Å²) < 4.78 is 0. The highest BCUT2D eigenvalue weighted by atomic mass is 16.1. The van der Waals surface area contributed by atoms with Gasteiger partial charge in [0.1, 0.15) is 5.78 Å². The summed E-state index contributed by atoms with van der Waals surface area (Å²) in [5.41, 5.74) is 0. The van der Waals surface area contributed by atoms with Gasteiger partial charge < -0.3 is 0 Å². The van der Waals surface area contributed by atoms with Gasteiger partial charge in [0, 0.05) is 12.3 Å². The summed E-state index contributed by atoms with van der Waals surface area (Å²) in [6.45, 7) is 10.7. The van der Waals surface area contributed by atoms with E-state index in [0.717, 1.165) is 12.8 Å². The minimum Gasteiger partial charge on any atom is -0.299 e. The van der Waals surface area contributed by atoms with E-state index in [1.54, 1.807) is 0 Å². The Bertz CT molecular complexity index is 151. The summed E-state index contributed by atoms with van der Waals surface area (Å²) in [7, 11) is 0. The van der Waals surface area contributed by atoms with E-state index in [0.29, 0.717) is 17.6 Å². The average Bonchev–Trinajstić information content (AvgIpc) is 2.14. The van der Waals surface area contributed by atoms with Gasteiger partial charge in [0.25, 0.3) is 0 Å². The van der Waals surface area contributed by atoms with Gasteiger partial charge in [0.15, 0.2) is 0 Å². The highest BCUT2D eigenvalue weighted by Crippen LogP contribution is 2.20. The number of hydrogen-bond donors (Lipinski definition) is 0. The molecule has 3 unspecified atom stereocenters. The maximum Gasteiger partial charge on any atom is 0.135 e. The van der Waals surface area contributed by atoms with E-state index in [2.05, 4.69) is 27.7 Å². The largest absolute Gasteiger partial charge is 0.299 e. The Kier molecular flexibility index (Phi) is 6.02. The molecule has 0 aromatic rings. The monoisotopic (exact) mass is 184 g/mol. The lowest BCUT2D eigenvalue weighted by Crippen LogP contribution is -2.17. The van der Waals surface area contributed by atoms with Crippen LogP contribution in [0.25, 0.3) is 0 Å². The topological polar surface area (TPSA) is 17.1 Å². The number of Topliss-reactive ketones (excluding diaryl/α,β-unsaturated/α-hetero) is 1. The normalized spacial score (nSPS) is 17.9. The summed E-state index contributed by atoms with van der Waals surface area (Å²) in [5, 5.41) is 0. The van der Waals surface area contributed by atoms with Crippen LogP contribution in [0.15, 0.2) is 0 Å². The molecular weight excluding hydrogens is 160 g/mol. The van der Waals surface area contributed by atoms with Crippen LogP contribution >= 0.6 is 0 Å². The summed E-state index contributed by atoms with van der Waals surface area (Å²) in [4.78, 5) is 11.6. The molecule has 13 heavy (non-hydrogen) atoms. The first-order chi connectivity index (χ1) is 6.02. The van der Waals surface area contributed by atoms with Gasteiger partial charge >= 0.3 is 0 Å². The SMILES string of the molecule is CCC(C)C(=O)CC(C)C(C)CC. The fraction of sp³-hybridized carbons (Fsp3) is 0.917. The molecule has 0 aromatic carbocycles. The Hall–Kier alpha value is -0.330. The second-order valence-corrected chi connectivity index (χ2v) is 4.34. The fourth-order valence-electron chi connectivity index (χ4n) is 1.35. The van der Waals surface area contributed by atoms with E-state index < -0.39 is 0 Å². The summed E-state index contributed by atoms with van der Waals surface area (Å²) >= 11 is 0. The maximum absolute atomic E-state index is 11.6. The molecule has 0 aromatic heterocycles. The van der Waals surface area contributed by atoms with Crippen molar-refractivity contribution in [3.05, 3.63) is 0 Å². The third-order valence-corrected chi connectivity index (χ3v) is 3.30. The van der Waals surface area contributed by atoms with Gasteiger partial charge in [-0.05, 0) is 18.3 Å². The van der Waals surface area contributed by atoms with Gasteiger partial charge in [-0.15, -0.1) is 0 Å². The Labute approximate surface area is 82.9 Å². The maximum atomic E-state index is 11.6. The Morgan fingerprint density at radius 2 is 1.54 bits per heavy atom. The lowest BCUT2D eigenvalue weighted by Gasteiger charge is -2.18. The van der Waals surface area contributed by atoms with Crippen molar-refractivity contribution in [3.8, 4) is 0 Å². The van der Waals surface area contributed by atoms with Crippen LogP contribution in [0.2, 0.25) is 0 Å². The number of carbonyl (C=O) groups is 1. The minimum atomic E-state index is 0.256. The summed E-state index contributed by atoms with van der Waals surface area (Å²) in [5.74, 6) is 1.92. The molecule has 0 saturated heterocycles. The zero-order chi connectivity index (χ0) is 10.4. The van der Waals surface area contributed by atoms with Crippen LogP contribution in [0.1, 0.15) is 53.9 Å². The van der Waals surface area contributed by atoms with Crippen LogP contribution in [-0.2, 0) is 4.79 Å². The van der Waals surface area contributed by atoms with E-state index in [-0.39, 0.29) is 5.92 Å². The van der Waals surface area contributed by atoms with Crippen molar-refractivity contribution in [2.45, 2.75) is 53.9 Å². The number of ketones is 1. The molecule has 0 spiro atoms. The number of hydrogen-bond acceptors (Lipinski definition) is 1. The zero-order valence-electron chi connectivity index (χ0n) is 9.76. The minimum absolute atomic E-state index is 0.256. The van der Waals surface area contributed by atoms with Crippen molar-refractivity contribution in [1.29, 1.82) is 0 Å². The van der Waals surface area contributed by atoms with Crippen molar-refractivity contribution in [2.24, 2.45) is 17.8 Å². The van der Waals surface area contributed by atoms with Crippen LogP contribution in [-0.4, -0.2) is 5.78 Å². The van der Waals surface area contributed by atoms with Gasteiger partial charge in [-0.1, -0.05) is 41.0 Å². The van der Waals surface area contributed by atoms with E-state index in [1.807, 2.05) is 6.92 Å². The van der Waals surface area contributed by atoms with Crippen LogP contribution in [0, 0.1) is 17.8 Å². The lowest BCUT2D eigenvalue weighted by atomic mass is 9.86. The molecule has 0 aliphatic heterocycles. The molecule has 0 aliphatic rings. The molecule has 0 saturated carbocycles. The Morgan fingerprint density at radius 1 is 1.00 bits per heavy atom. The zero-order valence-corrected chi connectivity index (χ0v) is 9.76. The van der Waals surface area contributed by atoms with Crippen molar-refractivity contribution in [2.75, 3.05) is 0 Å². The predicted octanol–water partition coefficient (Wildman–Crippen LogP) is 3.67. The molecular formula is C12H24O. The molecule has 0 fully saturated rings. The third-order valence-electron chi connectivity index (χ3n) is 3.30. The predicted molar refractivity (Wildman–Crippen MR) is 57.7 cm³/mol. The highest BCUT2D eigenvalue weighted by Gasteiger charge is 2.17. The van der Waals surface area contributed by atoms with Gasteiger partial charge in [-0.25, -0.2) is 0 Å². The van der Waals surface area contributed by atoms with E-state index in [4.69, 9.17) is 0 Å². The summed E-state index contributed by atoms with van der Waals surface area (Å²) in [6, 6.07) is 0. The van der Waals surface area contributed by atoms with E-state index in [1.165, 1.54) is 6.42 Å². The lowest BCUT2D eigenvalue weighted by molar-refractivity contribution is -0.123. The molecule has 0 radical (unpaired) electrons. The summed E-state index contributed by atoms with van der Waals surface area (Å²) in [6.07, 6.45) is 2.92. The van der Waals surface area contributed by atoms with Crippen molar-refractivity contribution in [1.82, 2.24) is 0 Å². The average molecular weight is 184 g/mol. The molecule has 0 aliphatic carbocycles. The molecule has 78 valence electrons. The molecule has 0 rings (SSSR count). The van der Waals surface area contributed by atoms with Crippen LogP contribution in [0.4, 0.5) is 0 Å². The van der Waals surface area contributed by atoms with Gasteiger partial charge in [0.05, 0.1) is 0 Å². The van der Waals surface area contributed by atoms with Gasteiger partial charge in [-0.2, -0.15) is 0 Å². The molecule has 0 heterocycles. The standard InChI is InChI=1S/C12H24O/c1-6-9(3)11(5)8-12(13)10(4)7-2/h9-11H,6-8H2,1-5H3. The molecule has 1 nitrogen and oxygen atoms in total.